The van der Waals surface area contributed by atoms with Crippen molar-refractivity contribution in [2.75, 3.05) is 0 Å². The molecule has 1 aliphatic rings. The normalized spacial score (nSPS) is 19.9. The van der Waals surface area contributed by atoms with Gasteiger partial charge in [0.1, 0.15) is 11.8 Å². The van der Waals surface area contributed by atoms with Gasteiger partial charge in [0.05, 0.1) is 0 Å². The quantitative estimate of drug-likeness (QED) is 0.893. The van der Waals surface area contributed by atoms with Gasteiger partial charge in [0.25, 0.3) is 5.91 Å². The van der Waals surface area contributed by atoms with Crippen molar-refractivity contribution >= 4 is 29.3 Å². The van der Waals surface area contributed by atoms with Gasteiger partial charge in [-0.25, -0.2) is 4.79 Å². The van der Waals surface area contributed by atoms with Crippen molar-refractivity contribution in [3.8, 4) is 0 Å². The Balaban J connectivity index is 2.08. The zero-order chi connectivity index (χ0) is 15.4. The monoisotopic (exact) mass is 309 g/mol. The van der Waals surface area contributed by atoms with E-state index in [1.54, 1.807) is 12.1 Å². The highest BCUT2D eigenvalue weighted by molar-refractivity contribution is 6.30. The summed E-state index contributed by atoms with van der Waals surface area (Å²) in [5.41, 5.74) is 0.341. The zero-order valence-electron chi connectivity index (χ0n) is 11.3. The number of hydrogen-bond donors (Lipinski definition) is 2. The number of carboxylic acids is 1. The molecule has 1 aliphatic carbocycles. The Morgan fingerprint density at radius 1 is 1.29 bits per heavy atom. The van der Waals surface area contributed by atoms with Crippen LogP contribution in [0.2, 0.25) is 5.02 Å². The minimum absolute atomic E-state index is 0.0539. The summed E-state index contributed by atoms with van der Waals surface area (Å²) in [6.07, 6.45) is 2.00. The molecule has 0 aromatic heterocycles. The third-order valence-electron chi connectivity index (χ3n) is 3.65. The molecule has 1 aromatic carbocycles. The molecule has 2 N–H and O–H groups in total. The van der Waals surface area contributed by atoms with Crippen LogP contribution in [0.15, 0.2) is 24.3 Å². The molecule has 0 unspecified atom stereocenters. The molecule has 1 fully saturated rings. The van der Waals surface area contributed by atoms with E-state index >= 15 is 0 Å². The minimum Gasteiger partial charge on any atom is -0.480 e. The van der Waals surface area contributed by atoms with Gasteiger partial charge in [-0.2, -0.15) is 0 Å². The topological polar surface area (TPSA) is 83.5 Å². The average Bonchev–Trinajstić information content (AvgIpc) is 2.45. The molecule has 6 heteroatoms. The molecule has 0 bridgehead atoms. The van der Waals surface area contributed by atoms with E-state index in [9.17, 15) is 19.5 Å². The minimum atomic E-state index is -1.11. The summed E-state index contributed by atoms with van der Waals surface area (Å²) in [6, 6.07) is 5.15. The molecule has 2 rings (SSSR count). The molecule has 0 heterocycles. The van der Waals surface area contributed by atoms with Crippen LogP contribution in [-0.4, -0.2) is 28.8 Å². The van der Waals surface area contributed by atoms with Crippen molar-refractivity contribution < 1.29 is 19.5 Å². The molecule has 21 heavy (non-hydrogen) atoms. The molecule has 0 aliphatic heterocycles. The van der Waals surface area contributed by atoms with Crippen LogP contribution in [0, 0.1) is 5.92 Å². The fraction of sp³-hybridized carbons (Fsp3) is 0.400. The Labute approximate surface area is 127 Å². The van der Waals surface area contributed by atoms with E-state index in [4.69, 9.17) is 11.6 Å². The zero-order valence-corrected chi connectivity index (χ0v) is 12.1. The summed E-state index contributed by atoms with van der Waals surface area (Å²) in [5.74, 6) is -1.88. The van der Waals surface area contributed by atoms with E-state index in [0.717, 1.165) is 0 Å². The van der Waals surface area contributed by atoms with E-state index in [1.165, 1.54) is 12.1 Å². The Bertz CT molecular complexity index is 555. The highest BCUT2D eigenvalue weighted by Crippen LogP contribution is 2.25. The van der Waals surface area contributed by atoms with E-state index in [0.29, 0.717) is 29.8 Å². The number of carboxylic acid groups (broad SMARTS) is 1. The first-order chi connectivity index (χ1) is 9.97. The first kappa shape index (κ1) is 15.5. The average molecular weight is 310 g/mol. The maximum atomic E-state index is 12.1. The maximum absolute atomic E-state index is 12.1. The van der Waals surface area contributed by atoms with Gasteiger partial charge < -0.3 is 10.4 Å². The lowest BCUT2D eigenvalue weighted by Gasteiger charge is -2.27. The molecule has 0 saturated heterocycles. The second kappa shape index (κ2) is 6.72. The Kier molecular flexibility index (Phi) is 4.96. The van der Waals surface area contributed by atoms with Crippen molar-refractivity contribution in [1.29, 1.82) is 0 Å². The fourth-order valence-electron chi connectivity index (χ4n) is 2.55. The smallest absolute Gasteiger partial charge is 0.326 e. The van der Waals surface area contributed by atoms with Gasteiger partial charge in [-0.15, -0.1) is 0 Å². The Morgan fingerprint density at radius 3 is 2.52 bits per heavy atom. The summed E-state index contributed by atoms with van der Waals surface area (Å²) in [5, 5.41) is 12.3. The van der Waals surface area contributed by atoms with E-state index in [-0.39, 0.29) is 18.1 Å². The number of nitrogens with one attached hydrogen (secondary N) is 1. The second-order valence-corrected chi connectivity index (χ2v) is 5.63. The van der Waals surface area contributed by atoms with E-state index < -0.39 is 17.9 Å². The van der Waals surface area contributed by atoms with E-state index in [2.05, 4.69) is 5.32 Å². The fourth-order valence-corrected chi connectivity index (χ4v) is 2.68. The molecule has 0 spiro atoms. The lowest BCUT2D eigenvalue weighted by Crippen LogP contribution is -2.47. The van der Waals surface area contributed by atoms with Crippen molar-refractivity contribution in [1.82, 2.24) is 5.32 Å². The van der Waals surface area contributed by atoms with Gasteiger partial charge >= 0.3 is 5.97 Å². The van der Waals surface area contributed by atoms with Crippen LogP contribution in [-0.2, 0) is 9.59 Å². The Morgan fingerprint density at radius 2 is 1.95 bits per heavy atom. The predicted molar refractivity (Wildman–Crippen MR) is 77.3 cm³/mol. The summed E-state index contributed by atoms with van der Waals surface area (Å²) in [6.45, 7) is 0. The van der Waals surface area contributed by atoms with Crippen LogP contribution in [0.1, 0.15) is 36.0 Å². The molecule has 1 amide bonds. The summed E-state index contributed by atoms with van der Waals surface area (Å²) in [4.78, 5) is 34.9. The molecule has 2 atom stereocenters. The van der Waals surface area contributed by atoms with Crippen LogP contribution >= 0.6 is 11.6 Å². The highest BCUT2D eigenvalue weighted by atomic mass is 35.5. The van der Waals surface area contributed by atoms with Crippen molar-refractivity contribution in [2.45, 2.75) is 31.7 Å². The largest absolute Gasteiger partial charge is 0.480 e. The molecule has 0 radical (unpaired) electrons. The third kappa shape index (κ3) is 4.04. The number of carbonyl (C=O) groups is 3. The number of Topliss-reactive ketones (excluding diaryl/α,β-unsaturated/α-hetero) is 1. The maximum Gasteiger partial charge on any atom is 0.326 e. The molecular weight excluding hydrogens is 294 g/mol. The first-order valence-electron chi connectivity index (χ1n) is 6.78. The lowest BCUT2D eigenvalue weighted by atomic mass is 9.83. The number of benzene rings is 1. The van der Waals surface area contributed by atoms with Crippen molar-refractivity contribution in [3.63, 3.8) is 0 Å². The summed E-state index contributed by atoms with van der Waals surface area (Å²) < 4.78 is 0. The van der Waals surface area contributed by atoms with Crippen LogP contribution in [0.3, 0.4) is 0 Å². The number of aliphatic carboxylic acids is 1. The predicted octanol–water partition coefficient (Wildman–Crippen LogP) is 2.28. The molecule has 5 nitrogen and oxygen atoms in total. The van der Waals surface area contributed by atoms with Gasteiger partial charge in [0.15, 0.2) is 0 Å². The number of hydrogen-bond acceptors (Lipinski definition) is 3. The molecule has 1 aromatic rings. The number of ketones is 1. The van der Waals surface area contributed by atoms with Gasteiger partial charge in [0, 0.05) is 23.4 Å². The van der Waals surface area contributed by atoms with Crippen LogP contribution in [0.5, 0.6) is 0 Å². The number of carbonyl (C=O) groups excluding carboxylic acids is 2. The van der Waals surface area contributed by atoms with Crippen molar-refractivity contribution in [2.24, 2.45) is 5.92 Å². The third-order valence-corrected chi connectivity index (χ3v) is 3.90. The summed E-state index contributed by atoms with van der Waals surface area (Å²) >= 11 is 5.75. The van der Waals surface area contributed by atoms with Gasteiger partial charge in [-0.3, -0.25) is 9.59 Å². The van der Waals surface area contributed by atoms with Crippen LogP contribution in [0.4, 0.5) is 0 Å². The highest BCUT2D eigenvalue weighted by Gasteiger charge is 2.33. The van der Waals surface area contributed by atoms with Gasteiger partial charge in [-0.1, -0.05) is 11.6 Å². The molecule has 1 saturated carbocycles. The summed E-state index contributed by atoms with van der Waals surface area (Å²) in [7, 11) is 0. The standard InChI is InChI=1S/C15H16ClNO4/c16-11-6-4-9(5-7-11)14(19)17-13(15(20)21)10-2-1-3-12(18)8-10/h4-7,10,13H,1-3,8H2,(H,17,19)(H,20,21)/t10-,13-/m1/s1. The number of rotatable bonds is 4. The molecule has 112 valence electrons. The number of halogens is 1. The Hall–Kier alpha value is -1.88. The second-order valence-electron chi connectivity index (χ2n) is 5.19. The van der Waals surface area contributed by atoms with Crippen LogP contribution < -0.4 is 5.32 Å². The SMILES string of the molecule is O=C1CCC[C@@H]([C@@H](NC(=O)c2ccc(Cl)cc2)C(=O)O)C1. The first-order valence-corrected chi connectivity index (χ1v) is 7.16. The van der Waals surface area contributed by atoms with Gasteiger partial charge in [0.2, 0.25) is 0 Å². The lowest BCUT2D eigenvalue weighted by molar-refractivity contribution is -0.141. The van der Waals surface area contributed by atoms with Crippen LogP contribution in [0.25, 0.3) is 0 Å². The number of amides is 1. The van der Waals surface area contributed by atoms with Gasteiger partial charge in [-0.05, 0) is 43.0 Å². The van der Waals surface area contributed by atoms with Crippen molar-refractivity contribution in [3.05, 3.63) is 34.9 Å². The van der Waals surface area contributed by atoms with E-state index in [1.807, 2.05) is 0 Å². The molecular formula is C15H16ClNO4.